The van der Waals surface area contributed by atoms with Crippen LogP contribution in [-0.4, -0.2) is 19.5 Å². The Hall–Kier alpha value is -1.27. The van der Waals surface area contributed by atoms with Crippen molar-refractivity contribution in [2.75, 3.05) is 5.73 Å². The van der Waals surface area contributed by atoms with E-state index >= 15 is 0 Å². The summed E-state index contributed by atoms with van der Waals surface area (Å²) in [5.74, 6) is 0.205. The van der Waals surface area contributed by atoms with Crippen LogP contribution in [0.5, 0.6) is 0 Å². The van der Waals surface area contributed by atoms with Gasteiger partial charge in [0.25, 0.3) is 0 Å². The van der Waals surface area contributed by atoms with Crippen molar-refractivity contribution >= 4 is 29.3 Å². The molecule has 2 aromatic rings. The fourth-order valence-electron chi connectivity index (χ4n) is 0.973. The van der Waals surface area contributed by atoms with Gasteiger partial charge in [0.05, 0.1) is 11.2 Å². The summed E-state index contributed by atoms with van der Waals surface area (Å²) in [5, 5.41) is 1.88. The van der Waals surface area contributed by atoms with Crippen molar-refractivity contribution in [2.45, 2.75) is 10.2 Å². The van der Waals surface area contributed by atoms with Crippen LogP contribution < -0.4 is 5.73 Å². The number of nitrogens with two attached hydrogens (primary N) is 1. The summed E-state index contributed by atoms with van der Waals surface area (Å²) in [6.45, 7) is 0. The van der Waals surface area contributed by atoms with E-state index in [0.29, 0.717) is 10.0 Å². The highest BCUT2D eigenvalue weighted by atomic mass is 35.5. The summed E-state index contributed by atoms with van der Waals surface area (Å²) in [5.41, 5.74) is 5.47. The van der Waals surface area contributed by atoms with Gasteiger partial charge >= 0.3 is 0 Å². The zero-order chi connectivity index (χ0) is 10.8. The Kier molecular flexibility index (Phi) is 2.79. The maximum atomic E-state index is 5.93. The van der Waals surface area contributed by atoms with Gasteiger partial charge in [0.15, 0.2) is 5.16 Å². The molecule has 0 aliphatic rings. The number of hydrogen-bond donors (Lipinski definition) is 1. The molecule has 0 fully saturated rings. The van der Waals surface area contributed by atoms with Crippen LogP contribution in [0.1, 0.15) is 0 Å². The van der Waals surface area contributed by atoms with Crippen LogP contribution in [0.3, 0.4) is 0 Å². The Morgan fingerprint density at radius 2 is 2.27 bits per heavy atom. The highest BCUT2D eigenvalue weighted by molar-refractivity contribution is 7.99. The first kappa shape index (κ1) is 10.3. The number of nitrogen functional groups attached to an aromatic ring is 1. The first-order chi connectivity index (χ1) is 7.16. The molecule has 0 saturated heterocycles. The zero-order valence-electron chi connectivity index (χ0n) is 7.88. The van der Waals surface area contributed by atoms with E-state index in [-0.39, 0.29) is 5.95 Å². The van der Waals surface area contributed by atoms with Crippen molar-refractivity contribution < 1.29 is 0 Å². The van der Waals surface area contributed by atoms with Crippen molar-refractivity contribution in [3.63, 3.8) is 0 Å². The molecule has 15 heavy (non-hydrogen) atoms. The molecule has 0 aromatic carbocycles. The van der Waals surface area contributed by atoms with Crippen molar-refractivity contribution in [1.29, 1.82) is 0 Å². The SMILES string of the molecule is Cn1ccnc1Sc1nc(N)ncc1Cl. The first-order valence-electron chi connectivity index (χ1n) is 4.10. The van der Waals surface area contributed by atoms with E-state index in [9.17, 15) is 0 Å². The van der Waals surface area contributed by atoms with Crippen molar-refractivity contribution in [3.8, 4) is 0 Å². The molecular formula is C8H8ClN5S. The lowest BCUT2D eigenvalue weighted by atomic mass is 10.7. The molecule has 0 amide bonds. The molecule has 2 aromatic heterocycles. The standard InChI is InChI=1S/C8H8ClN5S/c1-14-3-2-11-8(14)15-6-5(9)4-12-7(10)13-6/h2-4H,1H3,(H2,10,12,13). The fraction of sp³-hybridized carbons (Fsp3) is 0.125. The molecule has 2 heterocycles. The van der Waals surface area contributed by atoms with Crippen LogP contribution in [0.25, 0.3) is 0 Å². The predicted octanol–water partition coefficient (Wildman–Crippen LogP) is 1.60. The topological polar surface area (TPSA) is 69.6 Å². The number of anilines is 1. The van der Waals surface area contributed by atoms with Gasteiger partial charge in [-0.2, -0.15) is 0 Å². The fourth-order valence-corrected chi connectivity index (χ4v) is 1.96. The van der Waals surface area contributed by atoms with Gasteiger partial charge in [-0.3, -0.25) is 0 Å². The number of rotatable bonds is 2. The van der Waals surface area contributed by atoms with E-state index in [1.54, 1.807) is 6.20 Å². The van der Waals surface area contributed by atoms with E-state index in [0.717, 1.165) is 5.16 Å². The molecule has 2 N–H and O–H groups in total. The second-order valence-electron chi connectivity index (χ2n) is 2.80. The van der Waals surface area contributed by atoms with E-state index in [1.807, 2.05) is 17.8 Å². The van der Waals surface area contributed by atoms with E-state index in [2.05, 4.69) is 15.0 Å². The molecule has 0 aliphatic carbocycles. The predicted molar refractivity (Wildman–Crippen MR) is 58.8 cm³/mol. The molecule has 78 valence electrons. The molecule has 0 spiro atoms. The first-order valence-corrected chi connectivity index (χ1v) is 5.29. The van der Waals surface area contributed by atoms with Gasteiger partial charge in [-0.15, -0.1) is 0 Å². The van der Waals surface area contributed by atoms with E-state index < -0.39 is 0 Å². The Labute approximate surface area is 95.7 Å². The van der Waals surface area contributed by atoms with Crippen molar-refractivity contribution in [3.05, 3.63) is 23.6 Å². The van der Waals surface area contributed by atoms with Gasteiger partial charge in [-0.1, -0.05) is 11.6 Å². The second-order valence-corrected chi connectivity index (χ2v) is 4.17. The smallest absolute Gasteiger partial charge is 0.221 e. The van der Waals surface area contributed by atoms with Gasteiger partial charge < -0.3 is 10.3 Å². The summed E-state index contributed by atoms with van der Waals surface area (Å²) in [4.78, 5) is 12.0. The summed E-state index contributed by atoms with van der Waals surface area (Å²) < 4.78 is 1.87. The molecule has 2 rings (SSSR count). The third-order valence-electron chi connectivity index (χ3n) is 1.70. The maximum Gasteiger partial charge on any atom is 0.221 e. The number of halogens is 1. The van der Waals surface area contributed by atoms with Gasteiger partial charge in [0.2, 0.25) is 5.95 Å². The molecule has 0 aliphatic heterocycles. The lowest BCUT2D eigenvalue weighted by Crippen LogP contribution is -1.96. The number of aryl methyl sites for hydroxylation is 1. The van der Waals surface area contributed by atoms with Crippen LogP contribution in [0.4, 0.5) is 5.95 Å². The molecule has 0 bridgehead atoms. The lowest BCUT2D eigenvalue weighted by molar-refractivity contribution is 0.788. The molecular weight excluding hydrogens is 234 g/mol. The molecule has 0 unspecified atom stereocenters. The monoisotopic (exact) mass is 241 g/mol. The number of aromatic nitrogens is 4. The van der Waals surface area contributed by atoms with Crippen molar-refractivity contribution in [2.24, 2.45) is 7.05 Å². The average Bonchev–Trinajstić information content (AvgIpc) is 2.58. The molecule has 0 atom stereocenters. The van der Waals surface area contributed by atoms with Gasteiger partial charge in [0.1, 0.15) is 5.03 Å². The minimum absolute atomic E-state index is 0.205. The van der Waals surface area contributed by atoms with Crippen LogP contribution >= 0.6 is 23.4 Å². The lowest BCUT2D eigenvalue weighted by Gasteiger charge is -2.02. The maximum absolute atomic E-state index is 5.93. The second kappa shape index (κ2) is 4.08. The largest absolute Gasteiger partial charge is 0.368 e. The van der Waals surface area contributed by atoms with Gasteiger partial charge in [-0.05, 0) is 11.8 Å². The summed E-state index contributed by atoms with van der Waals surface area (Å²) >= 11 is 7.28. The highest BCUT2D eigenvalue weighted by Gasteiger charge is 2.08. The number of imidazole rings is 1. The molecule has 5 nitrogen and oxygen atoms in total. The van der Waals surface area contributed by atoms with Crippen LogP contribution in [-0.2, 0) is 7.05 Å². The summed E-state index contributed by atoms with van der Waals surface area (Å²) in [6, 6.07) is 0. The van der Waals surface area contributed by atoms with Crippen LogP contribution in [0.2, 0.25) is 5.02 Å². The van der Waals surface area contributed by atoms with E-state index in [4.69, 9.17) is 17.3 Å². The highest BCUT2D eigenvalue weighted by Crippen LogP contribution is 2.29. The third kappa shape index (κ3) is 2.21. The van der Waals surface area contributed by atoms with Crippen molar-refractivity contribution in [1.82, 2.24) is 19.5 Å². The minimum Gasteiger partial charge on any atom is -0.368 e. The minimum atomic E-state index is 0.205. The normalized spacial score (nSPS) is 10.5. The third-order valence-corrected chi connectivity index (χ3v) is 3.16. The Morgan fingerprint density at radius 1 is 1.47 bits per heavy atom. The Balaban J connectivity index is 2.32. The summed E-state index contributed by atoms with van der Waals surface area (Å²) in [7, 11) is 1.90. The van der Waals surface area contributed by atoms with Gasteiger partial charge in [0, 0.05) is 19.4 Å². The summed E-state index contributed by atoms with van der Waals surface area (Å²) in [6.07, 6.45) is 5.04. The number of nitrogens with zero attached hydrogens (tertiary/aromatic N) is 4. The average molecular weight is 242 g/mol. The Bertz CT molecular complexity index is 484. The Morgan fingerprint density at radius 3 is 2.93 bits per heavy atom. The number of hydrogen-bond acceptors (Lipinski definition) is 5. The molecule has 7 heteroatoms. The molecule has 0 radical (unpaired) electrons. The van der Waals surface area contributed by atoms with Gasteiger partial charge in [-0.25, -0.2) is 15.0 Å². The van der Waals surface area contributed by atoms with Crippen LogP contribution in [0, 0.1) is 0 Å². The van der Waals surface area contributed by atoms with E-state index in [1.165, 1.54) is 18.0 Å². The zero-order valence-corrected chi connectivity index (χ0v) is 9.46. The van der Waals surface area contributed by atoms with Crippen LogP contribution in [0.15, 0.2) is 28.8 Å². The molecule has 0 saturated carbocycles. The quantitative estimate of drug-likeness (QED) is 0.809.